The van der Waals surface area contributed by atoms with Gasteiger partial charge in [0.1, 0.15) is 11.4 Å². The van der Waals surface area contributed by atoms with Crippen LogP contribution in [0, 0.1) is 5.92 Å². The number of aryl methyl sites for hydroxylation is 2. The van der Waals surface area contributed by atoms with Crippen molar-refractivity contribution in [3.8, 4) is 11.1 Å². The zero-order chi connectivity index (χ0) is 37.4. The highest BCUT2D eigenvalue weighted by Crippen LogP contribution is 2.31. The monoisotopic (exact) mass is 728 g/mol. The van der Waals surface area contributed by atoms with Crippen LogP contribution in [0.2, 0.25) is 0 Å². The maximum atomic E-state index is 13.5. The highest BCUT2D eigenvalue weighted by molar-refractivity contribution is 5.97. The minimum Gasteiger partial charge on any atom is -0.381 e. The fraction of sp³-hybridized carbons (Fsp3) is 0.419. The molecular formula is C43H52N8O3. The summed E-state index contributed by atoms with van der Waals surface area (Å²) < 4.78 is 7.50. The molecule has 2 aromatic carbocycles. The number of piperidine rings is 1. The van der Waals surface area contributed by atoms with E-state index in [0.717, 1.165) is 64.3 Å². The van der Waals surface area contributed by atoms with E-state index in [-0.39, 0.29) is 35.8 Å². The van der Waals surface area contributed by atoms with Gasteiger partial charge in [-0.25, -0.2) is 14.6 Å². The summed E-state index contributed by atoms with van der Waals surface area (Å²) in [6.07, 6.45) is 7.94. The standard InChI is InChI=1S/C43H52N8O3/c1-4-37-35(40(47-34-17-21-54-22-18-34)36-28-46-51(5-2)41(36)49-37)27-45-43(53)39-14-8-13-38(48-39)42(52)44-26-31-10-7-12-33(25-31)32-11-6-9-30(24-32)23-29-15-19-50(3)20-16-29/h6-14,24-25,28-29,34H,4-5,15-23,26-27H2,1-3H3,(H,44,52)(H,45,53)(H,47,49). The Morgan fingerprint density at radius 3 is 2.15 bits per heavy atom. The quantitative estimate of drug-likeness (QED) is 0.127. The van der Waals surface area contributed by atoms with Gasteiger partial charge in [0.2, 0.25) is 0 Å². The van der Waals surface area contributed by atoms with Crippen molar-refractivity contribution in [2.75, 3.05) is 38.7 Å². The van der Waals surface area contributed by atoms with E-state index in [9.17, 15) is 9.59 Å². The van der Waals surface area contributed by atoms with Gasteiger partial charge < -0.3 is 25.6 Å². The van der Waals surface area contributed by atoms with Crippen molar-refractivity contribution in [2.45, 2.75) is 78.0 Å². The average Bonchev–Trinajstić information content (AvgIpc) is 3.63. The lowest BCUT2D eigenvalue weighted by Crippen LogP contribution is -2.30. The number of hydrogen-bond donors (Lipinski definition) is 3. The van der Waals surface area contributed by atoms with E-state index in [1.807, 2.05) is 23.0 Å². The molecule has 0 aliphatic carbocycles. The van der Waals surface area contributed by atoms with Crippen LogP contribution >= 0.6 is 0 Å². The van der Waals surface area contributed by atoms with Gasteiger partial charge >= 0.3 is 0 Å². The van der Waals surface area contributed by atoms with E-state index < -0.39 is 0 Å². The third-order valence-corrected chi connectivity index (χ3v) is 10.8. The van der Waals surface area contributed by atoms with Crippen LogP contribution in [0.3, 0.4) is 0 Å². The molecule has 0 atom stereocenters. The van der Waals surface area contributed by atoms with Gasteiger partial charge in [-0.15, -0.1) is 0 Å². The summed E-state index contributed by atoms with van der Waals surface area (Å²) in [5, 5.41) is 15.3. The maximum absolute atomic E-state index is 13.5. The second kappa shape index (κ2) is 17.3. The number of ether oxygens (including phenoxy) is 1. The lowest BCUT2D eigenvalue weighted by Gasteiger charge is -2.29. The predicted octanol–water partition coefficient (Wildman–Crippen LogP) is 6.41. The van der Waals surface area contributed by atoms with Crippen molar-refractivity contribution in [1.82, 2.24) is 35.3 Å². The first-order valence-corrected chi connectivity index (χ1v) is 19.5. The number of aromatic nitrogens is 4. The summed E-state index contributed by atoms with van der Waals surface area (Å²) in [5.41, 5.74) is 8.64. The van der Waals surface area contributed by atoms with Gasteiger partial charge in [-0.05, 0) is 112 Å². The number of pyridine rings is 2. The van der Waals surface area contributed by atoms with Crippen LogP contribution in [0.1, 0.15) is 82.9 Å². The van der Waals surface area contributed by atoms with Crippen molar-refractivity contribution >= 4 is 28.5 Å². The molecule has 0 spiro atoms. The molecule has 3 N–H and O–H groups in total. The third kappa shape index (κ3) is 8.80. The summed E-state index contributed by atoms with van der Waals surface area (Å²) in [5.74, 6) is 0.0275. The van der Waals surface area contributed by atoms with Crippen LogP contribution in [-0.2, 0) is 37.2 Å². The largest absolute Gasteiger partial charge is 0.381 e. The molecule has 0 saturated carbocycles. The van der Waals surface area contributed by atoms with Crippen LogP contribution in [0.15, 0.2) is 72.9 Å². The van der Waals surface area contributed by atoms with Gasteiger partial charge in [0.05, 0.1) is 17.3 Å². The fourth-order valence-electron chi connectivity index (χ4n) is 7.66. The molecule has 54 heavy (non-hydrogen) atoms. The van der Waals surface area contributed by atoms with E-state index in [1.54, 1.807) is 18.2 Å². The summed E-state index contributed by atoms with van der Waals surface area (Å²) in [6, 6.07) is 22.3. The second-order valence-electron chi connectivity index (χ2n) is 14.6. The number of anilines is 1. The molecule has 2 aliphatic heterocycles. The Kier molecular flexibility index (Phi) is 11.9. The highest BCUT2D eigenvalue weighted by atomic mass is 16.5. The second-order valence-corrected chi connectivity index (χ2v) is 14.6. The molecule has 7 rings (SSSR count). The minimum absolute atomic E-state index is 0.176. The highest BCUT2D eigenvalue weighted by Gasteiger charge is 2.23. The normalized spacial score (nSPS) is 15.7. The van der Waals surface area contributed by atoms with E-state index in [0.29, 0.717) is 32.7 Å². The Balaban J connectivity index is 1.00. The van der Waals surface area contributed by atoms with Crippen molar-refractivity contribution < 1.29 is 14.3 Å². The fourth-order valence-corrected chi connectivity index (χ4v) is 7.66. The molecule has 2 aliphatic rings. The van der Waals surface area contributed by atoms with Gasteiger partial charge in [0, 0.05) is 50.1 Å². The number of nitrogens with zero attached hydrogens (tertiary/aromatic N) is 5. The Bertz CT molecular complexity index is 2080. The lowest BCUT2D eigenvalue weighted by molar-refractivity contribution is 0.0904. The van der Waals surface area contributed by atoms with Crippen molar-refractivity contribution in [3.05, 3.63) is 107 Å². The topological polar surface area (TPSA) is 126 Å². The molecular weight excluding hydrogens is 677 g/mol. The van der Waals surface area contributed by atoms with Gasteiger partial charge in [0.15, 0.2) is 5.65 Å². The molecule has 0 radical (unpaired) electrons. The molecule has 11 nitrogen and oxygen atoms in total. The van der Waals surface area contributed by atoms with E-state index >= 15 is 0 Å². The average molecular weight is 729 g/mol. The zero-order valence-electron chi connectivity index (χ0n) is 31.7. The first-order valence-electron chi connectivity index (χ1n) is 19.5. The van der Waals surface area contributed by atoms with E-state index in [2.05, 4.69) is 88.2 Å². The van der Waals surface area contributed by atoms with E-state index in [1.165, 1.54) is 37.1 Å². The van der Waals surface area contributed by atoms with Crippen LogP contribution in [0.5, 0.6) is 0 Å². The lowest BCUT2D eigenvalue weighted by atomic mass is 9.89. The van der Waals surface area contributed by atoms with Gasteiger partial charge in [0.25, 0.3) is 11.8 Å². The van der Waals surface area contributed by atoms with Gasteiger partial charge in [-0.2, -0.15) is 5.10 Å². The molecule has 282 valence electrons. The van der Waals surface area contributed by atoms with Crippen molar-refractivity contribution in [1.29, 1.82) is 0 Å². The maximum Gasteiger partial charge on any atom is 0.270 e. The van der Waals surface area contributed by atoms with E-state index in [4.69, 9.17) is 9.72 Å². The molecule has 2 fully saturated rings. The number of carbonyl (C=O) groups excluding carboxylic acids is 2. The third-order valence-electron chi connectivity index (χ3n) is 10.8. The molecule has 0 bridgehead atoms. The van der Waals surface area contributed by atoms with Crippen molar-refractivity contribution in [2.24, 2.45) is 5.92 Å². The number of hydrogen-bond acceptors (Lipinski definition) is 8. The van der Waals surface area contributed by atoms with Crippen LogP contribution in [0.4, 0.5) is 5.69 Å². The minimum atomic E-state index is -0.362. The number of nitrogens with one attached hydrogen (secondary N) is 3. The Morgan fingerprint density at radius 1 is 0.815 bits per heavy atom. The van der Waals surface area contributed by atoms with Crippen LogP contribution in [-0.4, -0.2) is 75.9 Å². The number of rotatable bonds is 13. The van der Waals surface area contributed by atoms with Crippen LogP contribution in [0.25, 0.3) is 22.2 Å². The first-order chi connectivity index (χ1) is 26.4. The number of amides is 2. The number of carbonyl (C=O) groups is 2. The number of benzene rings is 2. The molecule has 2 amide bonds. The summed E-state index contributed by atoms with van der Waals surface area (Å²) in [4.78, 5) is 38.7. The first kappa shape index (κ1) is 37.2. The molecule has 5 aromatic rings. The van der Waals surface area contributed by atoms with Gasteiger partial charge in [-0.3, -0.25) is 9.59 Å². The smallest absolute Gasteiger partial charge is 0.270 e. The molecule has 0 unspecified atom stereocenters. The Hall–Kier alpha value is -5.13. The molecule has 2 saturated heterocycles. The summed E-state index contributed by atoms with van der Waals surface area (Å²) in [7, 11) is 2.20. The predicted molar refractivity (Wildman–Crippen MR) is 212 cm³/mol. The Morgan fingerprint density at radius 2 is 1.46 bits per heavy atom. The Labute approximate surface area is 317 Å². The summed E-state index contributed by atoms with van der Waals surface area (Å²) >= 11 is 0. The van der Waals surface area contributed by atoms with Gasteiger partial charge in [-0.1, -0.05) is 55.5 Å². The zero-order valence-corrected chi connectivity index (χ0v) is 31.7. The SMILES string of the molecule is CCc1nc2c(cnn2CC)c(NC2CCOCC2)c1CNC(=O)c1cccc(C(=O)NCc2cccc(-c3cccc(CC4CCN(C)CC4)c3)c2)n1. The molecule has 11 heteroatoms. The summed E-state index contributed by atoms with van der Waals surface area (Å²) in [6.45, 7) is 9.19. The molecule has 3 aromatic heterocycles. The number of likely N-dealkylation sites (tertiary alicyclic amines) is 1. The van der Waals surface area contributed by atoms with Crippen LogP contribution < -0.4 is 16.0 Å². The molecule has 5 heterocycles. The van der Waals surface area contributed by atoms with Crippen molar-refractivity contribution in [3.63, 3.8) is 0 Å². The number of fused-ring (bicyclic) bond motifs is 1.